The van der Waals surface area contributed by atoms with Crippen LogP contribution in [0.5, 0.6) is 0 Å². The molecule has 4 nitrogen and oxygen atoms in total. The Hall–Kier alpha value is -1.60. The van der Waals surface area contributed by atoms with Gasteiger partial charge in [-0.2, -0.15) is 5.26 Å². The molecular weight excluding hydrogens is 226 g/mol. The molecule has 2 rings (SSSR count). The van der Waals surface area contributed by atoms with Gasteiger partial charge in [-0.15, -0.1) is 0 Å². The first-order valence-corrected chi connectivity index (χ1v) is 6.44. The van der Waals surface area contributed by atoms with Crippen molar-refractivity contribution in [1.29, 1.82) is 5.26 Å². The summed E-state index contributed by atoms with van der Waals surface area (Å²) in [6.07, 6.45) is 1.79. The Balaban J connectivity index is 2.67. The van der Waals surface area contributed by atoms with Crippen LogP contribution in [0.1, 0.15) is 43.1 Å². The van der Waals surface area contributed by atoms with E-state index in [0.717, 1.165) is 37.2 Å². The van der Waals surface area contributed by atoms with Crippen molar-refractivity contribution in [3.05, 3.63) is 33.2 Å². The van der Waals surface area contributed by atoms with Crippen LogP contribution in [-0.4, -0.2) is 23.1 Å². The van der Waals surface area contributed by atoms with Crippen LogP contribution in [0.2, 0.25) is 0 Å². The second-order valence-corrected chi connectivity index (χ2v) is 5.06. The van der Waals surface area contributed by atoms with Crippen molar-refractivity contribution in [3.8, 4) is 6.07 Å². The van der Waals surface area contributed by atoms with E-state index >= 15 is 0 Å². The molecule has 96 valence electrons. The third-order valence-electron chi connectivity index (χ3n) is 3.75. The molecule has 2 heterocycles. The molecule has 0 amide bonds. The second kappa shape index (κ2) is 4.95. The molecule has 18 heavy (non-hydrogen) atoms. The molecule has 0 spiro atoms. The molecule has 1 aliphatic heterocycles. The SMILES string of the molecule is CCC(C)n1c2c(cc(C#N)c1=O)CN(C)CC2. The number of likely N-dealkylation sites (N-methyl/N-ethyl adjacent to an activating group) is 1. The smallest absolute Gasteiger partial charge is 0.268 e. The van der Waals surface area contributed by atoms with Gasteiger partial charge in [-0.05, 0) is 32.0 Å². The highest BCUT2D eigenvalue weighted by Gasteiger charge is 2.21. The lowest BCUT2D eigenvalue weighted by Gasteiger charge is -2.29. The van der Waals surface area contributed by atoms with Gasteiger partial charge >= 0.3 is 0 Å². The van der Waals surface area contributed by atoms with E-state index in [0.29, 0.717) is 0 Å². The van der Waals surface area contributed by atoms with Crippen LogP contribution < -0.4 is 5.56 Å². The van der Waals surface area contributed by atoms with E-state index < -0.39 is 0 Å². The monoisotopic (exact) mass is 245 g/mol. The molecule has 0 saturated heterocycles. The van der Waals surface area contributed by atoms with E-state index in [1.807, 2.05) is 17.6 Å². The quantitative estimate of drug-likeness (QED) is 0.796. The first-order chi connectivity index (χ1) is 8.58. The van der Waals surface area contributed by atoms with Gasteiger partial charge in [0.05, 0.1) is 0 Å². The fourth-order valence-corrected chi connectivity index (χ4v) is 2.54. The van der Waals surface area contributed by atoms with Crippen LogP contribution in [0.4, 0.5) is 0 Å². The summed E-state index contributed by atoms with van der Waals surface area (Å²) < 4.78 is 1.83. The molecule has 1 unspecified atom stereocenters. The molecule has 0 aromatic carbocycles. The van der Waals surface area contributed by atoms with Crippen LogP contribution in [0, 0.1) is 11.3 Å². The second-order valence-electron chi connectivity index (χ2n) is 5.06. The molecule has 0 fully saturated rings. The average molecular weight is 245 g/mol. The van der Waals surface area contributed by atoms with Crippen molar-refractivity contribution >= 4 is 0 Å². The van der Waals surface area contributed by atoms with Gasteiger partial charge in [0.25, 0.3) is 5.56 Å². The lowest BCUT2D eigenvalue weighted by molar-refractivity contribution is 0.300. The van der Waals surface area contributed by atoms with Crippen molar-refractivity contribution in [3.63, 3.8) is 0 Å². The van der Waals surface area contributed by atoms with E-state index in [1.165, 1.54) is 0 Å². The van der Waals surface area contributed by atoms with Crippen LogP contribution in [0.3, 0.4) is 0 Å². The van der Waals surface area contributed by atoms with E-state index in [-0.39, 0.29) is 17.2 Å². The van der Waals surface area contributed by atoms with E-state index in [2.05, 4.69) is 18.9 Å². The summed E-state index contributed by atoms with van der Waals surface area (Å²) >= 11 is 0. The highest BCUT2D eigenvalue weighted by Crippen LogP contribution is 2.21. The first kappa shape index (κ1) is 12.8. The maximum atomic E-state index is 12.3. The minimum Gasteiger partial charge on any atom is -0.308 e. The van der Waals surface area contributed by atoms with E-state index in [4.69, 9.17) is 5.26 Å². The summed E-state index contributed by atoms with van der Waals surface area (Å²) in [7, 11) is 2.06. The Morgan fingerprint density at radius 3 is 2.89 bits per heavy atom. The largest absolute Gasteiger partial charge is 0.308 e. The number of hydrogen-bond donors (Lipinski definition) is 0. The van der Waals surface area contributed by atoms with Crippen molar-refractivity contribution in [2.45, 2.75) is 39.3 Å². The maximum Gasteiger partial charge on any atom is 0.268 e. The van der Waals surface area contributed by atoms with Crippen LogP contribution in [0.15, 0.2) is 10.9 Å². The molecule has 4 heteroatoms. The number of nitrogens with zero attached hydrogens (tertiary/aromatic N) is 3. The normalized spacial score (nSPS) is 17.0. The lowest BCUT2D eigenvalue weighted by atomic mass is 10.0. The third kappa shape index (κ3) is 2.06. The predicted octanol–water partition coefficient (Wildman–Crippen LogP) is 1.68. The number of pyridine rings is 1. The summed E-state index contributed by atoms with van der Waals surface area (Å²) in [6, 6.07) is 3.95. The standard InChI is InChI=1S/C14H19N3O/c1-4-10(2)17-13-5-6-16(3)9-12(13)7-11(8-15)14(17)18/h7,10H,4-6,9H2,1-3H3. The zero-order valence-corrected chi connectivity index (χ0v) is 11.2. The number of nitriles is 1. The van der Waals surface area contributed by atoms with E-state index in [1.54, 1.807) is 6.07 Å². The topological polar surface area (TPSA) is 49.0 Å². The number of fused-ring (bicyclic) bond motifs is 1. The number of rotatable bonds is 2. The van der Waals surface area contributed by atoms with Crippen LogP contribution >= 0.6 is 0 Å². The Morgan fingerprint density at radius 2 is 2.28 bits per heavy atom. The lowest BCUT2D eigenvalue weighted by Crippen LogP contribution is -2.36. The molecule has 0 saturated carbocycles. The Kier molecular flexibility index (Phi) is 3.53. The number of hydrogen-bond acceptors (Lipinski definition) is 3. The summed E-state index contributed by atoms with van der Waals surface area (Å²) in [5.74, 6) is 0. The Labute approximate surface area is 107 Å². The van der Waals surface area contributed by atoms with Gasteiger partial charge in [-0.25, -0.2) is 0 Å². The highest BCUT2D eigenvalue weighted by molar-refractivity contribution is 5.35. The van der Waals surface area contributed by atoms with Gasteiger partial charge in [-0.3, -0.25) is 4.79 Å². The summed E-state index contributed by atoms with van der Waals surface area (Å²) in [5.41, 5.74) is 2.38. The molecule has 0 N–H and O–H groups in total. The van der Waals surface area contributed by atoms with Crippen molar-refractivity contribution in [2.24, 2.45) is 0 Å². The molecule has 1 atom stereocenters. The Morgan fingerprint density at radius 1 is 1.56 bits per heavy atom. The van der Waals surface area contributed by atoms with Crippen molar-refractivity contribution < 1.29 is 0 Å². The van der Waals surface area contributed by atoms with Crippen LogP contribution in [-0.2, 0) is 13.0 Å². The van der Waals surface area contributed by atoms with Gasteiger partial charge in [0, 0.05) is 31.2 Å². The molecule has 1 aliphatic rings. The fraction of sp³-hybridized carbons (Fsp3) is 0.571. The minimum atomic E-state index is -0.129. The Bertz CT molecular complexity index is 553. The van der Waals surface area contributed by atoms with Gasteiger partial charge in [0.1, 0.15) is 11.6 Å². The molecule has 1 aromatic rings. The van der Waals surface area contributed by atoms with Gasteiger partial charge in [0.15, 0.2) is 0 Å². The minimum absolute atomic E-state index is 0.129. The summed E-state index contributed by atoms with van der Waals surface area (Å²) in [5, 5.41) is 9.09. The molecular formula is C14H19N3O. The molecule has 0 aliphatic carbocycles. The maximum absolute atomic E-state index is 12.3. The zero-order chi connectivity index (χ0) is 13.3. The summed E-state index contributed by atoms with van der Waals surface area (Å²) in [4.78, 5) is 14.5. The first-order valence-electron chi connectivity index (χ1n) is 6.44. The van der Waals surface area contributed by atoms with Gasteiger partial charge < -0.3 is 9.47 Å². The average Bonchev–Trinajstić information content (AvgIpc) is 2.37. The van der Waals surface area contributed by atoms with Crippen LogP contribution in [0.25, 0.3) is 0 Å². The van der Waals surface area contributed by atoms with Crippen molar-refractivity contribution in [1.82, 2.24) is 9.47 Å². The zero-order valence-electron chi connectivity index (χ0n) is 11.2. The van der Waals surface area contributed by atoms with Gasteiger partial charge in [0.2, 0.25) is 0 Å². The molecule has 1 aromatic heterocycles. The van der Waals surface area contributed by atoms with E-state index in [9.17, 15) is 4.79 Å². The van der Waals surface area contributed by atoms with Gasteiger partial charge in [-0.1, -0.05) is 6.92 Å². The molecule has 0 bridgehead atoms. The summed E-state index contributed by atoms with van der Waals surface area (Å²) in [6.45, 7) is 5.90. The fourth-order valence-electron chi connectivity index (χ4n) is 2.54. The molecule has 0 radical (unpaired) electrons. The highest BCUT2D eigenvalue weighted by atomic mass is 16.1. The third-order valence-corrected chi connectivity index (χ3v) is 3.75. The predicted molar refractivity (Wildman–Crippen MR) is 70.5 cm³/mol. The van der Waals surface area contributed by atoms with Crippen molar-refractivity contribution in [2.75, 3.05) is 13.6 Å². The number of aromatic nitrogens is 1.